The van der Waals surface area contributed by atoms with Crippen molar-refractivity contribution in [1.29, 1.82) is 5.26 Å². The van der Waals surface area contributed by atoms with Crippen LogP contribution in [0.5, 0.6) is 0 Å². The average Bonchev–Trinajstić information content (AvgIpc) is 3.20. The van der Waals surface area contributed by atoms with Crippen molar-refractivity contribution in [2.75, 3.05) is 31.1 Å². The smallest absolute Gasteiger partial charge is 0.254 e. The number of hydrogen-bond donors (Lipinski definition) is 0. The van der Waals surface area contributed by atoms with Crippen molar-refractivity contribution in [3.63, 3.8) is 0 Å². The van der Waals surface area contributed by atoms with Gasteiger partial charge in [0.25, 0.3) is 5.91 Å². The number of amides is 1. The van der Waals surface area contributed by atoms with E-state index < -0.39 is 0 Å². The summed E-state index contributed by atoms with van der Waals surface area (Å²) in [6.07, 6.45) is 1.85. The van der Waals surface area contributed by atoms with Crippen molar-refractivity contribution in [2.24, 2.45) is 0 Å². The summed E-state index contributed by atoms with van der Waals surface area (Å²) in [6.45, 7) is 4.47. The van der Waals surface area contributed by atoms with Gasteiger partial charge in [-0.05, 0) is 43.3 Å². The topological polar surface area (TPSA) is 90.9 Å². The van der Waals surface area contributed by atoms with Gasteiger partial charge in [0.05, 0.1) is 17.3 Å². The van der Waals surface area contributed by atoms with Gasteiger partial charge in [0.2, 0.25) is 0 Å². The number of nitrogens with zero attached hydrogens (tertiary/aromatic N) is 7. The van der Waals surface area contributed by atoms with Crippen molar-refractivity contribution in [3.8, 4) is 11.9 Å². The van der Waals surface area contributed by atoms with Gasteiger partial charge in [-0.25, -0.2) is 4.68 Å². The van der Waals surface area contributed by atoms with Crippen LogP contribution in [0.1, 0.15) is 21.6 Å². The second kappa shape index (κ2) is 7.48. The third-order valence-electron chi connectivity index (χ3n) is 4.72. The fourth-order valence-corrected chi connectivity index (χ4v) is 3.19. The Kier molecular flexibility index (Phi) is 4.72. The Balaban J connectivity index is 1.40. The summed E-state index contributed by atoms with van der Waals surface area (Å²) in [5.74, 6) is 1.40. The average molecular weight is 373 g/mol. The number of aryl methyl sites for hydroxylation is 1. The van der Waals surface area contributed by atoms with Gasteiger partial charge in [0.15, 0.2) is 11.6 Å². The molecule has 1 aromatic carbocycles. The predicted octanol–water partition coefficient (Wildman–Crippen LogP) is 1.80. The first-order valence-electron chi connectivity index (χ1n) is 9.05. The Morgan fingerprint density at radius 3 is 2.43 bits per heavy atom. The lowest BCUT2D eigenvalue weighted by molar-refractivity contribution is 0.0746. The van der Waals surface area contributed by atoms with Crippen LogP contribution in [0.15, 0.2) is 48.7 Å². The summed E-state index contributed by atoms with van der Waals surface area (Å²) in [6, 6.07) is 14.6. The lowest BCUT2D eigenvalue weighted by Crippen LogP contribution is -2.49. The molecule has 0 saturated carbocycles. The van der Waals surface area contributed by atoms with Crippen LogP contribution in [0.3, 0.4) is 0 Å². The van der Waals surface area contributed by atoms with Crippen LogP contribution >= 0.6 is 0 Å². The zero-order valence-electron chi connectivity index (χ0n) is 15.5. The fraction of sp³-hybridized carbons (Fsp3) is 0.250. The molecular formula is C20H19N7O. The van der Waals surface area contributed by atoms with Gasteiger partial charge in [-0.3, -0.25) is 4.79 Å². The zero-order valence-corrected chi connectivity index (χ0v) is 15.5. The standard InChI is InChI=1S/C20H19N7O/c1-15-7-8-27(24-15)19-6-5-18(22-23-19)25-9-11-26(12-10-25)20(28)17-4-2-3-16(13-17)14-21/h2-8,13H,9-12H2,1H3. The Morgan fingerprint density at radius 1 is 1.04 bits per heavy atom. The highest BCUT2D eigenvalue weighted by Crippen LogP contribution is 2.16. The summed E-state index contributed by atoms with van der Waals surface area (Å²) in [4.78, 5) is 16.6. The molecule has 0 atom stereocenters. The van der Waals surface area contributed by atoms with Gasteiger partial charge >= 0.3 is 0 Å². The molecule has 3 heterocycles. The lowest BCUT2D eigenvalue weighted by atomic mass is 10.1. The number of carbonyl (C=O) groups excluding carboxylic acids is 1. The third kappa shape index (κ3) is 3.55. The molecule has 0 bridgehead atoms. The van der Waals surface area contributed by atoms with E-state index in [1.165, 1.54) is 0 Å². The maximum atomic E-state index is 12.7. The van der Waals surface area contributed by atoms with Crippen molar-refractivity contribution in [2.45, 2.75) is 6.92 Å². The van der Waals surface area contributed by atoms with E-state index in [1.807, 2.05) is 31.3 Å². The predicted molar refractivity (Wildman–Crippen MR) is 103 cm³/mol. The first-order chi connectivity index (χ1) is 13.6. The molecule has 1 aliphatic heterocycles. The Morgan fingerprint density at radius 2 is 1.79 bits per heavy atom. The van der Waals surface area contributed by atoms with Gasteiger partial charge in [-0.1, -0.05) is 6.07 Å². The number of rotatable bonds is 3. The molecule has 4 rings (SSSR count). The molecule has 0 aliphatic carbocycles. The fourth-order valence-electron chi connectivity index (χ4n) is 3.19. The van der Waals surface area contributed by atoms with Crippen LogP contribution in [0, 0.1) is 18.3 Å². The molecule has 1 amide bonds. The second-order valence-electron chi connectivity index (χ2n) is 6.62. The van der Waals surface area contributed by atoms with Gasteiger partial charge in [0.1, 0.15) is 0 Å². The molecule has 0 N–H and O–H groups in total. The van der Waals surface area contributed by atoms with E-state index in [2.05, 4.69) is 26.3 Å². The number of nitriles is 1. The molecule has 1 fully saturated rings. The van der Waals surface area contributed by atoms with Gasteiger partial charge in [-0.2, -0.15) is 10.4 Å². The molecule has 8 heteroatoms. The largest absolute Gasteiger partial charge is 0.352 e. The van der Waals surface area contributed by atoms with Crippen LogP contribution < -0.4 is 4.90 Å². The van der Waals surface area contributed by atoms with E-state index in [-0.39, 0.29) is 5.91 Å². The SMILES string of the molecule is Cc1ccn(-c2ccc(N3CCN(C(=O)c4cccc(C#N)c4)CC3)nn2)n1. The van der Waals surface area contributed by atoms with E-state index in [9.17, 15) is 4.79 Å². The molecule has 1 aliphatic rings. The van der Waals surface area contributed by atoms with Gasteiger partial charge < -0.3 is 9.80 Å². The van der Waals surface area contributed by atoms with Crippen LogP contribution in [0.25, 0.3) is 5.82 Å². The minimum absolute atomic E-state index is 0.0489. The molecule has 1 saturated heterocycles. The number of benzene rings is 1. The Labute approximate surface area is 162 Å². The number of hydrogen-bond acceptors (Lipinski definition) is 6. The van der Waals surface area contributed by atoms with E-state index >= 15 is 0 Å². The van der Waals surface area contributed by atoms with Crippen molar-refractivity contribution in [3.05, 3.63) is 65.5 Å². The molecular weight excluding hydrogens is 354 g/mol. The monoisotopic (exact) mass is 373 g/mol. The molecule has 0 unspecified atom stereocenters. The quantitative estimate of drug-likeness (QED) is 0.695. The van der Waals surface area contributed by atoms with E-state index in [4.69, 9.17) is 5.26 Å². The van der Waals surface area contributed by atoms with Gasteiger partial charge in [-0.15, -0.1) is 10.2 Å². The third-order valence-corrected chi connectivity index (χ3v) is 4.72. The second-order valence-corrected chi connectivity index (χ2v) is 6.62. The summed E-state index contributed by atoms with van der Waals surface area (Å²) in [5.41, 5.74) is 1.96. The molecule has 2 aromatic heterocycles. The Hall–Kier alpha value is -3.73. The molecule has 8 nitrogen and oxygen atoms in total. The molecule has 28 heavy (non-hydrogen) atoms. The number of aromatic nitrogens is 4. The molecule has 0 spiro atoms. The highest BCUT2D eigenvalue weighted by atomic mass is 16.2. The van der Waals surface area contributed by atoms with Crippen molar-refractivity contribution < 1.29 is 4.79 Å². The maximum absolute atomic E-state index is 12.7. The van der Waals surface area contributed by atoms with Crippen molar-refractivity contribution in [1.82, 2.24) is 24.9 Å². The highest BCUT2D eigenvalue weighted by molar-refractivity contribution is 5.94. The van der Waals surface area contributed by atoms with Crippen LogP contribution in [0.2, 0.25) is 0 Å². The summed E-state index contributed by atoms with van der Waals surface area (Å²) < 4.78 is 1.69. The molecule has 3 aromatic rings. The highest BCUT2D eigenvalue weighted by Gasteiger charge is 2.23. The van der Waals surface area contributed by atoms with Crippen LogP contribution in [0.4, 0.5) is 5.82 Å². The van der Waals surface area contributed by atoms with E-state index in [1.54, 1.807) is 33.8 Å². The normalized spacial score (nSPS) is 14.0. The lowest BCUT2D eigenvalue weighted by Gasteiger charge is -2.35. The Bertz CT molecular complexity index is 1030. The first-order valence-corrected chi connectivity index (χ1v) is 9.05. The number of anilines is 1. The van der Waals surface area contributed by atoms with E-state index in [0.717, 1.165) is 11.5 Å². The zero-order chi connectivity index (χ0) is 19.5. The summed E-state index contributed by atoms with van der Waals surface area (Å²) >= 11 is 0. The number of carbonyl (C=O) groups is 1. The van der Waals surface area contributed by atoms with Crippen LogP contribution in [-0.4, -0.2) is 57.0 Å². The van der Waals surface area contributed by atoms with E-state index in [0.29, 0.717) is 43.1 Å². The maximum Gasteiger partial charge on any atom is 0.254 e. The molecule has 140 valence electrons. The summed E-state index contributed by atoms with van der Waals surface area (Å²) in [5, 5.41) is 21.9. The summed E-state index contributed by atoms with van der Waals surface area (Å²) in [7, 11) is 0. The molecule has 0 radical (unpaired) electrons. The minimum Gasteiger partial charge on any atom is -0.352 e. The van der Waals surface area contributed by atoms with Crippen molar-refractivity contribution >= 4 is 11.7 Å². The van der Waals surface area contributed by atoms with Gasteiger partial charge in [0, 0.05) is 37.9 Å². The first kappa shape index (κ1) is 17.7. The van der Waals surface area contributed by atoms with Crippen LogP contribution in [-0.2, 0) is 0 Å². The minimum atomic E-state index is -0.0489. The number of piperazine rings is 1.